The summed E-state index contributed by atoms with van der Waals surface area (Å²) in [4.78, 5) is 4.24. The van der Waals surface area contributed by atoms with Gasteiger partial charge < -0.3 is 5.32 Å². The summed E-state index contributed by atoms with van der Waals surface area (Å²) in [6.07, 6.45) is 3.86. The van der Waals surface area contributed by atoms with Crippen LogP contribution in [0.2, 0.25) is 0 Å². The van der Waals surface area contributed by atoms with Crippen molar-refractivity contribution >= 4 is 16.3 Å². The lowest BCUT2D eigenvalue weighted by Gasteiger charge is -2.28. The van der Waals surface area contributed by atoms with E-state index < -0.39 is 0 Å². The molecule has 3 nitrogen and oxygen atoms in total. The highest BCUT2D eigenvalue weighted by Gasteiger charge is 2.26. The first-order valence-electron chi connectivity index (χ1n) is 5.14. The van der Waals surface area contributed by atoms with Crippen LogP contribution in [0.4, 0.5) is 5.00 Å². The summed E-state index contributed by atoms with van der Waals surface area (Å²) in [6.45, 7) is 4.46. The smallest absolute Gasteiger partial charge is 0.113 e. The molecule has 4 heteroatoms. The normalized spacial score (nSPS) is 18.5. The minimum atomic E-state index is 0.374. The maximum Gasteiger partial charge on any atom is 0.113 e. The van der Waals surface area contributed by atoms with Crippen molar-refractivity contribution in [1.29, 1.82) is 0 Å². The fourth-order valence-corrected chi connectivity index (χ4v) is 2.88. The lowest BCUT2D eigenvalue weighted by Crippen LogP contribution is -2.23. The summed E-state index contributed by atoms with van der Waals surface area (Å²) in [5, 5.41) is 6.94. The van der Waals surface area contributed by atoms with Gasteiger partial charge in [-0.2, -0.15) is 0 Å². The van der Waals surface area contributed by atoms with Gasteiger partial charge in [-0.3, -0.25) is 4.57 Å². The Kier molecular flexibility index (Phi) is 1.85. The molecule has 0 amide bonds. The maximum atomic E-state index is 4.24. The quantitative estimate of drug-likeness (QED) is 0.799. The van der Waals surface area contributed by atoms with E-state index in [1.807, 2.05) is 12.5 Å². The first-order valence-corrected chi connectivity index (χ1v) is 6.02. The van der Waals surface area contributed by atoms with Gasteiger partial charge in [0.15, 0.2) is 0 Å². The van der Waals surface area contributed by atoms with Crippen LogP contribution in [0, 0.1) is 5.92 Å². The Bertz CT molecular complexity index is 483. The van der Waals surface area contributed by atoms with E-state index in [9.17, 15) is 0 Å². The Morgan fingerprint density at radius 2 is 2.40 bits per heavy atom. The second-order valence-electron chi connectivity index (χ2n) is 4.19. The molecule has 3 rings (SSSR count). The van der Waals surface area contributed by atoms with E-state index in [1.54, 1.807) is 11.3 Å². The van der Waals surface area contributed by atoms with Crippen LogP contribution in [0.1, 0.15) is 25.6 Å². The molecule has 1 aliphatic rings. The number of anilines is 1. The van der Waals surface area contributed by atoms with Crippen molar-refractivity contribution in [3.05, 3.63) is 29.7 Å². The minimum Gasteiger partial charge on any atom is -0.367 e. The zero-order chi connectivity index (χ0) is 10.4. The summed E-state index contributed by atoms with van der Waals surface area (Å²) < 4.78 is 2.19. The van der Waals surface area contributed by atoms with Crippen molar-refractivity contribution in [3.8, 4) is 5.69 Å². The van der Waals surface area contributed by atoms with E-state index in [-0.39, 0.29) is 0 Å². The summed E-state index contributed by atoms with van der Waals surface area (Å²) in [6, 6.07) is 2.51. The highest BCUT2D eigenvalue weighted by atomic mass is 32.1. The Morgan fingerprint density at radius 1 is 1.53 bits per heavy atom. The number of hydrogen-bond donors (Lipinski definition) is 1. The Balaban J connectivity index is 2.18. The van der Waals surface area contributed by atoms with E-state index in [2.05, 4.69) is 40.2 Å². The molecule has 0 fully saturated rings. The topological polar surface area (TPSA) is 29.9 Å². The lowest BCUT2D eigenvalue weighted by atomic mass is 10.00. The van der Waals surface area contributed by atoms with Crippen LogP contribution in [-0.2, 0) is 0 Å². The van der Waals surface area contributed by atoms with Gasteiger partial charge in [0.1, 0.15) is 5.00 Å². The number of imidazole rings is 1. The molecule has 0 bridgehead atoms. The summed E-state index contributed by atoms with van der Waals surface area (Å²) in [7, 11) is 0. The first-order chi connectivity index (χ1) is 7.27. The van der Waals surface area contributed by atoms with Crippen LogP contribution in [0.5, 0.6) is 0 Å². The maximum absolute atomic E-state index is 4.24. The molecule has 0 radical (unpaired) electrons. The van der Waals surface area contributed by atoms with Gasteiger partial charge in [0.2, 0.25) is 0 Å². The monoisotopic (exact) mass is 219 g/mol. The molecule has 15 heavy (non-hydrogen) atoms. The largest absolute Gasteiger partial charge is 0.367 e. The molecule has 0 spiro atoms. The minimum absolute atomic E-state index is 0.374. The van der Waals surface area contributed by atoms with E-state index in [0.717, 1.165) is 0 Å². The molecule has 0 unspecified atom stereocenters. The molecule has 1 N–H and O–H groups in total. The number of rotatable bonds is 1. The number of nitrogens with one attached hydrogen (secondary N) is 1. The Hall–Kier alpha value is -1.29. The van der Waals surface area contributed by atoms with Crippen LogP contribution in [0.3, 0.4) is 0 Å². The molecule has 1 atom stereocenters. The van der Waals surface area contributed by atoms with Gasteiger partial charge in [0, 0.05) is 0 Å². The zero-order valence-corrected chi connectivity index (χ0v) is 9.58. The average Bonchev–Trinajstić information content (AvgIpc) is 2.83. The molecule has 0 saturated carbocycles. The molecular formula is C11H13N3S. The van der Waals surface area contributed by atoms with Gasteiger partial charge in [-0.25, -0.2) is 4.98 Å². The number of hydrogen-bond acceptors (Lipinski definition) is 3. The van der Waals surface area contributed by atoms with Crippen LogP contribution in [-0.4, -0.2) is 9.55 Å². The second kappa shape index (κ2) is 3.10. The van der Waals surface area contributed by atoms with Crippen LogP contribution in [0.25, 0.3) is 5.69 Å². The first kappa shape index (κ1) is 8.97. The highest BCUT2D eigenvalue weighted by molar-refractivity contribution is 7.14. The predicted octanol–water partition coefficient (Wildman–Crippen LogP) is 3.06. The molecule has 1 aliphatic heterocycles. The van der Waals surface area contributed by atoms with Gasteiger partial charge in [-0.1, -0.05) is 13.8 Å². The molecule has 0 saturated heterocycles. The molecule has 2 aromatic heterocycles. The van der Waals surface area contributed by atoms with Gasteiger partial charge in [0.05, 0.1) is 29.9 Å². The van der Waals surface area contributed by atoms with E-state index >= 15 is 0 Å². The standard InChI is InChI=1S/C11H13N3S/c1-7(2)10-9-5-12-6-14(9)8-3-4-15-11(8)13-10/h3-7,10,13H,1-2H3/t10-/m0/s1. The SMILES string of the molecule is CC(C)[C@@H]1Nc2sccc2-n2cncc21. The van der Waals surface area contributed by atoms with Crippen molar-refractivity contribution in [2.75, 3.05) is 5.32 Å². The molecule has 2 aromatic rings. The summed E-state index contributed by atoms with van der Waals surface area (Å²) >= 11 is 1.75. The summed E-state index contributed by atoms with van der Waals surface area (Å²) in [5.74, 6) is 0.565. The molecule has 78 valence electrons. The van der Waals surface area contributed by atoms with Gasteiger partial charge in [-0.15, -0.1) is 11.3 Å². The van der Waals surface area contributed by atoms with Crippen LogP contribution in [0.15, 0.2) is 24.0 Å². The van der Waals surface area contributed by atoms with Gasteiger partial charge in [-0.05, 0) is 17.4 Å². The van der Waals surface area contributed by atoms with E-state index in [1.165, 1.54) is 16.4 Å². The highest BCUT2D eigenvalue weighted by Crippen LogP contribution is 2.39. The fraction of sp³-hybridized carbons (Fsp3) is 0.364. The second-order valence-corrected chi connectivity index (χ2v) is 5.11. The Labute approximate surface area is 92.8 Å². The third-order valence-corrected chi connectivity index (χ3v) is 3.68. The van der Waals surface area contributed by atoms with Crippen LogP contribution >= 0.6 is 11.3 Å². The third kappa shape index (κ3) is 1.21. The molecule has 0 aromatic carbocycles. The number of nitrogens with zero attached hydrogens (tertiary/aromatic N) is 2. The van der Waals surface area contributed by atoms with Crippen molar-refractivity contribution in [2.45, 2.75) is 19.9 Å². The van der Waals surface area contributed by atoms with Crippen molar-refractivity contribution in [2.24, 2.45) is 5.92 Å². The molecule has 3 heterocycles. The van der Waals surface area contributed by atoms with Gasteiger partial charge >= 0.3 is 0 Å². The zero-order valence-electron chi connectivity index (χ0n) is 8.77. The van der Waals surface area contributed by atoms with E-state index in [4.69, 9.17) is 0 Å². The van der Waals surface area contributed by atoms with Crippen molar-refractivity contribution < 1.29 is 0 Å². The van der Waals surface area contributed by atoms with Crippen molar-refractivity contribution in [3.63, 3.8) is 0 Å². The molecular weight excluding hydrogens is 206 g/mol. The van der Waals surface area contributed by atoms with E-state index in [0.29, 0.717) is 12.0 Å². The number of thiophene rings is 1. The fourth-order valence-electron chi connectivity index (χ4n) is 2.06. The van der Waals surface area contributed by atoms with Crippen molar-refractivity contribution in [1.82, 2.24) is 9.55 Å². The predicted molar refractivity (Wildman–Crippen MR) is 62.6 cm³/mol. The lowest BCUT2D eigenvalue weighted by molar-refractivity contribution is 0.522. The average molecular weight is 219 g/mol. The molecule has 0 aliphatic carbocycles. The van der Waals surface area contributed by atoms with Crippen LogP contribution < -0.4 is 5.32 Å². The Morgan fingerprint density at radius 3 is 3.20 bits per heavy atom. The number of fused-ring (bicyclic) bond motifs is 3. The van der Waals surface area contributed by atoms with Gasteiger partial charge in [0.25, 0.3) is 0 Å². The third-order valence-electron chi connectivity index (χ3n) is 2.84. The summed E-state index contributed by atoms with van der Waals surface area (Å²) in [5.41, 5.74) is 2.49. The number of aromatic nitrogens is 2.